The van der Waals surface area contributed by atoms with Crippen LogP contribution in [0.1, 0.15) is 42.3 Å². The van der Waals surface area contributed by atoms with E-state index < -0.39 is 29.6 Å². The normalized spacial score (nSPS) is 13.8. The van der Waals surface area contributed by atoms with Crippen molar-refractivity contribution >= 4 is 23.6 Å². The van der Waals surface area contributed by atoms with Gasteiger partial charge in [0.15, 0.2) is 0 Å². The van der Waals surface area contributed by atoms with Crippen molar-refractivity contribution in [3.05, 3.63) is 101 Å². The lowest BCUT2D eigenvalue weighted by molar-refractivity contribution is -0.123. The Hall–Kier alpha value is -3.20. The molecule has 0 heterocycles. The average molecular weight is 538 g/mol. The van der Waals surface area contributed by atoms with Gasteiger partial charge in [-0.1, -0.05) is 48.5 Å². The molecule has 2 amide bonds. The summed E-state index contributed by atoms with van der Waals surface area (Å²) in [6.07, 6.45) is -0.410. The van der Waals surface area contributed by atoms with Crippen molar-refractivity contribution in [1.29, 1.82) is 0 Å². The van der Waals surface area contributed by atoms with Gasteiger partial charge in [0, 0.05) is 28.2 Å². The molecule has 0 aromatic heterocycles. The minimum absolute atomic E-state index is 0.172. The van der Waals surface area contributed by atoms with Gasteiger partial charge >= 0.3 is 0 Å². The predicted octanol–water partition coefficient (Wildman–Crippen LogP) is 4.10. The van der Waals surface area contributed by atoms with E-state index in [1.807, 2.05) is 63.2 Å². The number of halogens is 1. The fourth-order valence-corrected chi connectivity index (χ4v) is 4.78. The fraction of sp³-hybridized carbons (Fsp3) is 0.333. The number of aliphatic hydroxyl groups is 1. The molecule has 0 saturated heterocycles. The van der Waals surface area contributed by atoms with Crippen LogP contribution in [-0.2, 0) is 17.6 Å². The topological polar surface area (TPSA) is 104 Å². The molecule has 0 aliphatic rings. The van der Waals surface area contributed by atoms with Gasteiger partial charge < -0.3 is 21.5 Å². The van der Waals surface area contributed by atoms with Gasteiger partial charge in [0.25, 0.3) is 5.91 Å². The molecule has 0 radical (unpaired) electrons. The summed E-state index contributed by atoms with van der Waals surface area (Å²) in [5.41, 5.74) is 7.88. The van der Waals surface area contributed by atoms with Crippen LogP contribution >= 0.6 is 11.8 Å². The summed E-state index contributed by atoms with van der Waals surface area (Å²) in [7, 11) is 0. The highest BCUT2D eigenvalue weighted by molar-refractivity contribution is 7.99. The summed E-state index contributed by atoms with van der Waals surface area (Å²) >= 11 is 1.36. The van der Waals surface area contributed by atoms with Crippen LogP contribution in [0, 0.1) is 5.82 Å². The Morgan fingerprint density at radius 2 is 1.58 bits per heavy atom. The lowest BCUT2D eigenvalue weighted by Gasteiger charge is -2.27. The first kappa shape index (κ1) is 29.4. The number of nitrogens with two attached hydrogens (primary N) is 1. The Kier molecular flexibility index (Phi) is 10.5. The Morgan fingerprint density at radius 1 is 0.947 bits per heavy atom. The first-order chi connectivity index (χ1) is 18.0. The summed E-state index contributed by atoms with van der Waals surface area (Å²) in [6, 6.07) is 21.3. The molecule has 0 spiro atoms. The fourth-order valence-electron chi connectivity index (χ4n) is 3.93. The molecule has 8 heteroatoms. The zero-order valence-corrected chi connectivity index (χ0v) is 22.8. The van der Waals surface area contributed by atoms with Crippen molar-refractivity contribution in [3.63, 3.8) is 0 Å². The summed E-state index contributed by atoms with van der Waals surface area (Å²) in [5, 5.41) is 17.2. The number of carbonyl (C=O) groups excluding carboxylic acids is 2. The van der Waals surface area contributed by atoms with Gasteiger partial charge in [0.2, 0.25) is 5.91 Å². The highest BCUT2D eigenvalue weighted by atomic mass is 32.2. The standard InChI is InChI=1S/C30H36FN3O3S/c1-30(2,3)34-28(36)24-12-8-7-11-21(24)18-27(35)26(17-20-9-5-4-6-10-20)33-29(37)25(32)19-38-23-15-13-22(31)14-16-23/h4-16,25-27,35H,17-19,32H2,1-3H3,(H,33,37)(H,34,36)/t25-,26+,27-/m1/s1. The Labute approximate surface area is 228 Å². The van der Waals surface area contributed by atoms with Gasteiger partial charge in [-0.2, -0.15) is 0 Å². The second-order valence-corrected chi connectivity index (χ2v) is 11.4. The van der Waals surface area contributed by atoms with E-state index in [1.54, 1.807) is 24.3 Å². The molecule has 0 aliphatic heterocycles. The summed E-state index contributed by atoms with van der Waals surface area (Å²) in [5.74, 6) is -0.643. The van der Waals surface area contributed by atoms with E-state index in [1.165, 1.54) is 23.9 Å². The molecule has 3 aromatic carbocycles. The van der Waals surface area contributed by atoms with Gasteiger partial charge in [0.1, 0.15) is 5.82 Å². The maximum Gasteiger partial charge on any atom is 0.251 e. The first-order valence-electron chi connectivity index (χ1n) is 12.6. The van der Waals surface area contributed by atoms with Crippen molar-refractivity contribution in [2.45, 2.75) is 62.2 Å². The maximum atomic E-state index is 13.2. The van der Waals surface area contributed by atoms with Crippen LogP contribution in [0.2, 0.25) is 0 Å². The highest BCUT2D eigenvalue weighted by Crippen LogP contribution is 2.20. The molecular weight excluding hydrogens is 501 g/mol. The van der Waals surface area contributed by atoms with Gasteiger partial charge in [-0.25, -0.2) is 4.39 Å². The largest absolute Gasteiger partial charge is 0.391 e. The van der Waals surface area contributed by atoms with Crippen LogP contribution in [-0.4, -0.2) is 46.4 Å². The molecule has 3 rings (SSSR count). The summed E-state index contributed by atoms with van der Waals surface area (Å²) in [6.45, 7) is 5.72. The Balaban J connectivity index is 1.73. The molecule has 0 aliphatic carbocycles. The monoisotopic (exact) mass is 537 g/mol. The van der Waals surface area contributed by atoms with Gasteiger partial charge in [-0.05, 0) is 68.7 Å². The molecule has 3 aromatic rings. The molecule has 38 heavy (non-hydrogen) atoms. The predicted molar refractivity (Wildman–Crippen MR) is 151 cm³/mol. The Bertz CT molecular complexity index is 1200. The number of amides is 2. The maximum absolute atomic E-state index is 13.2. The van der Waals surface area contributed by atoms with E-state index in [0.717, 1.165) is 10.5 Å². The average Bonchev–Trinajstić information content (AvgIpc) is 2.87. The van der Waals surface area contributed by atoms with Crippen molar-refractivity contribution in [1.82, 2.24) is 10.6 Å². The smallest absolute Gasteiger partial charge is 0.251 e. The number of benzene rings is 3. The second kappa shape index (κ2) is 13.6. The number of aliphatic hydroxyl groups excluding tert-OH is 1. The quantitative estimate of drug-likeness (QED) is 0.276. The number of hydrogen-bond acceptors (Lipinski definition) is 5. The molecule has 3 atom stereocenters. The number of thioether (sulfide) groups is 1. The van der Waals surface area contributed by atoms with Crippen LogP contribution in [0.3, 0.4) is 0 Å². The van der Waals surface area contributed by atoms with E-state index in [9.17, 15) is 19.1 Å². The van der Waals surface area contributed by atoms with Crippen molar-refractivity contribution < 1.29 is 19.1 Å². The van der Waals surface area contributed by atoms with Crippen LogP contribution in [0.4, 0.5) is 4.39 Å². The summed E-state index contributed by atoms with van der Waals surface area (Å²) < 4.78 is 13.2. The SMILES string of the molecule is CC(C)(C)NC(=O)c1ccccc1C[C@@H](O)[C@H](Cc1ccccc1)NC(=O)[C@H](N)CSc1ccc(F)cc1. The number of hydrogen-bond donors (Lipinski definition) is 4. The molecule has 6 nitrogen and oxygen atoms in total. The molecule has 0 unspecified atom stereocenters. The number of rotatable bonds is 11. The van der Waals surface area contributed by atoms with Crippen LogP contribution in [0.15, 0.2) is 83.8 Å². The minimum Gasteiger partial charge on any atom is -0.391 e. The van der Waals surface area contributed by atoms with Crippen molar-refractivity contribution in [3.8, 4) is 0 Å². The van der Waals surface area contributed by atoms with Crippen LogP contribution < -0.4 is 16.4 Å². The number of carbonyl (C=O) groups is 2. The zero-order valence-electron chi connectivity index (χ0n) is 22.0. The van der Waals surface area contributed by atoms with Crippen LogP contribution in [0.25, 0.3) is 0 Å². The van der Waals surface area contributed by atoms with E-state index in [4.69, 9.17) is 5.73 Å². The first-order valence-corrected chi connectivity index (χ1v) is 13.6. The van der Waals surface area contributed by atoms with Crippen molar-refractivity contribution in [2.24, 2.45) is 5.73 Å². The molecule has 202 valence electrons. The molecular formula is C30H36FN3O3S. The van der Waals surface area contributed by atoms with Gasteiger partial charge in [0.05, 0.1) is 18.2 Å². The second-order valence-electron chi connectivity index (χ2n) is 10.3. The van der Waals surface area contributed by atoms with E-state index in [2.05, 4.69) is 10.6 Å². The molecule has 0 saturated carbocycles. The molecule has 0 bridgehead atoms. The third-order valence-corrected chi connectivity index (χ3v) is 6.98. The lowest BCUT2D eigenvalue weighted by Crippen LogP contribution is -2.52. The van der Waals surface area contributed by atoms with E-state index in [0.29, 0.717) is 23.3 Å². The van der Waals surface area contributed by atoms with E-state index >= 15 is 0 Å². The van der Waals surface area contributed by atoms with Crippen molar-refractivity contribution in [2.75, 3.05) is 5.75 Å². The highest BCUT2D eigenvalue weighted by Gasteiger charge is 2.27. The molecule has 0 fully saturated rings. The lowest BCUT2D eigenvalue weighted by atomic mass is 9.93. The minimum atomic E-state index is -0.973. The molecule has 5 N–H and O–H groups in total. The van der Waals surface area contributed by atoms with Gasteiger partial charge in [-0.3, -0.25) is 9.59 Å². The summed E-state index contributed by atoms with van der Waals surface area (Å²) in [4.78, 5) is 26.7. The Morgan fingerprint density at radius 3 is 2.24 bits per heavy atom. The van der Waals surface area contributed by atoms with Crippen LogP contribution in [0.5, 0.6) is 0 Å². The third kappa shape index (κ3) is 9.28. The van der Waals surface area contributed by atoms with Gasteiger partial charge in [-0.15, -0.1) is 11.8 Å². The number of nitrogens with one attached hydrogen (secondary N) is 2. The third-order valence-electron chi connectivity index (χ3n) is 5.85. The van der Waals surface area contributed by atoms with E-state index in [-0.39, 0.29) is 18.1 Å². The zero-order chi connectivity index (χ0) is 27.7.